The van der Waals surface area contributed by atoms with Crippen LogP contribution in [0, 0.1) is 0 Å². The van der Waals surface area contributed by atoms with Crippen molar-refractivity contribution in [1.29, 1.82) is 0 Å². The fraction of sp³-hybridized carbons (Fsp3) is 0.438. The molecule has 2 rings (SSSR count). The van der Waals surface area contributed by atoms with Gasteiger partial charge in [-0.25, -0.2) is 0 Å². The maximum atomic E-state index is 5.90. The average Bonchev–Trinajstić information content (AvgIpc) is 3.02. The molecule has 21 heavy (non-hydrogen) atoms. The van der Waals surface area contributed by atoms with E-state index in [2.05, 4.69) is 17.3 Å². The molecule has 5 heteroatoms. The molecule has 5 nitrogen and oxygen atoms in total. The first-order valence-corrected chi connectivity index (χ1v) is 7.31. The quantitative estimate of drug-likeness (QED) is 0.720. The Morgan fingerprint density at radius 1 is 1.33 bits per heavy atom. The lowest BCUT2D eigenvalue weighted by Gasteiger charge is -2.13. The summed E-state index contributed by atoms with van der Waals surface area (Å²) in [6.07, 6.45) is 4.82. The van der Waals surface area contributed by atoms with Crippen molar-refractivity contribution in [2.75, 3.05) is 20.3 Å². The van der Waals surface area contributed by atoms with Crippen molar-refractivity contribution in [2.45, 2.75) is 26.4 Å². The van der Waals surface area contributed by atoms with E-state index in [0.29, 0.717) is 6.61 Å². The molecule has 0 aliphatic carbocycles. The third kappa shape index (κ3) is 4.79. The maximum Gasteiger partial charge on any atom is 0.127 e. The molecule has 1 aromatic carbocycles. The molecular formula is C16H23N3O2. The number of ether oxygens (including phenoxy) is 2. The zero-order valence-corrected chi connectivity index (χ0v) is 12.7. The maximum absolute atomic E-state index is 5.90. The molecule has 1 aromatic heterocycles. The van der Waals surface area contributed by atoms with Gasteiger partial charge in [-0.1, -0.05) is 13.0 Å². The molecule has 0 aliphatic heterocycles. The van der Waals surface area contributed by atoms with Crippen molar-refractivity contribution < 1.29 is 9.47 Å². The van der Waals surface area contributed by atoms with Crippen molar-refractivity contribution in [3.8, 4) is 11.5 Å². The van der Waals surface area contributed by atoms with Crippen molar-refractivity contribution in [2.24, 2.45) is 0 Å². The Balaban J connectivity index is 1.96. The Morgan fingerprint density at radius 3 is 2.95 bits per heavy atom. The zero-order chi connectivity index (χ0) is 14.9. The summed E-state index contributed by atoms with van der Waals surface area (Å²) >= 11 is 0. The van der Waals surface area contributed by atoms with Gasteiger partial charge >= 0.3 is 0 Å². The molecule has 114 valence electrons. The van der Waals surface area contributed by atoms with Crippen LogP contribution in [0.15, 0.2) is 36.7 Å². The summed E-state index contributed by atoms with van der Waals surface area (Å²) in [5.41, 5.74) is 1.14. The van der Waals surface area contributed by atoms with Crippen LogP contribution in [0.4, 0.5) is 0 Å². The lowest BCUT2D eigenvalue weighted by atomic mass is 10.2. The van der Waals surface area contributed by atoms with Crippen molar-refractivity contribution in [1.82, 2.24) is 15.1 Å². The van der Waals surface area contributed by atoms with Crippen LogP contribution < -0.4 is 14.8 Å². The molecule has 0 saturated carbocycles. The van der Waals surface area contributed by atoms with Crippen LogP contribution in [0.2, 0.25) is 0 Å². The van der Waals surface area contributed by atoms with Crippen LogP contribution in [0.3, 0.4) is 0 Å². The first-order valence-electron chi connectivity index (χ1n) is 7.31. The smallest absolute Gasteiger partial charge is 0.127 e. The predicted octanol–water partition coefficient (Wildman–Crippen LogP) is 2.47. The van der Waals surface area contributed by atoms with Gasteiger partial charge in [0, 0.05) is 30.6 Å². The normalized spacial score (nSPS) is 10.6. The predicted molar refractivity (Wildman–Crippen MR) is 82.7 cm³/mol. The first kappa shape index (κ1) is 15.4. The Hall–Kier alpha value is -2.01. The molecule has 1 N–H and O–H groups in total. The van der Waals surface area contributed by atoms with Crippen LogP contribution in [-0.2, 0) is 13.1 Å². The molecular weight excluding hydrogens is 266 g/mol. The monoisotopic (exact) mass is 289 g/mol. The molecule has 2 aromatic rings. The summed E-state index contributed by atoms with van der Waals surface area (Å²) < 4.78 is 13.0. The van der Waals surface area contributed by atoms with Gasteiger partial charge in [0.05, 0.1) is 13.7 Å². The van der Waals surface area contributed by atoms with Crippen LogP contribution in [0.25, 0.3) is 0 Å². The van der Waals surface area contributed by atoms with Gasteiger partial charge in [-0.3, -0.25) is 4.68 Å². The minimum Gasteiger partial charge on any atom is -0.497 e. The minimum absolute atomic E-state index is 0.579. The molecule has 0 spiro atoms. The number of rotatable bonds is 9. The van der Waals surface area contributed by atoms with E-state index in [1.807, 2.05) is 35.1 Å². The summed E-state index contributed by atoms with van der Waals surface area (Å²) in [6.45, 7) is 5.26. The number of aromatic nitrogens is 2. The fourth-order valence-corrected chi connectivity index (χ4v) is 2.02. The molecule has 0 saturated heterocycles. The number of hydrogen-bond donors (Lipinski definition) is 1. The van der Waals surface area contributed by atoms with Gasteiger partial charge in [0.1, 0.15) is 18.1 Å². The second-order valence-corrected chi connectivity index (χ2v) is 4.77. The van der Waals surface area contributed by atoms with E-state index in [1.165, 1.54) is 0 Å². The number of methoxy groups -OCH3 is 1. The van der Waals surface area contributed by atoms with E-state index >= 15 is 0 Å². The standard InChI is InChI=1S/C16H23N3O2/c1-3-7-17-13-14-5-6-15(20-2)12-16(14)21-11-10-19-9-4-8-18-19/h4-6,8-9,12,17H,3,7,10-11,13H2,1-2H3. The first-order chi connectivity index (χ1) is 10.3. The summed E-state index contributed by atoms with van der Waals surface area (Å²) in [5, 5.41) is 7.56. The summed E-state index contributed by atoms with van der Waals surface area (Å²) in [4.78, 5) is 0. The van der Waals surface area contributed by atoms with Gasteiger partial charge in [0.2, 0.25) is 0 Å². The molecule has 0 aliphatic rings. The van der Waals surface area contributed by atoms with E-state index < -0.39 is 0 Å². The van der Waals surface area contributed by atoms with Gasteiger partial charge < -0.3 is 14.8 Å². The van der Waals surface area contributed by atoms with Gasteiger partial charge in [0.15, 0.2) is 0 Å². The van der Waals surface area contributed by atoms with E-state index in [4.69, 9.17) is 9.47 Å². The molecule has 0 fully saturated rings. The summed E-state index contributed by atoms with van der Waals surface area (Å²) in [6, 6.07) is 7.85. The highest BCUT2D eigenvalue weighted by Gasteiger charge is 2.06. The van der Waals surface area contributed by atoms with E-state index in [1.54, 1.807) is 13.3 Å². The van der Waals surface area contributed by atoms with Crippen molar-refractivity contribution >= 4 is 0 Å². The second-order valence-electron chi connectivity index (χ2n) is 4.77. The molecule has 0 bridgehead atoms. The zero-order valence-electron chi connectivity index (χ0n) is 12.7. The average molecular weight is 289 g/mol. The van der Waals surface area contributed by atoms with Gasteiger partial charge in [-0.05, 0) is 25.1 Å². The van der Waals surface area contributed by atoms with E-state index in [9.17, 15) is 0 Å². The Bertz CT molecular complexity index is 526. The molecule has 1 heterocycles. The minimum atomic E-state index is 0.579. The number of benzene rings is 1. The summed E-state index contributed by atoms with van der Waals surface area (Å²) in [7, 11) is 1.66. The molecule has 0 unspecified atom stereocenters. The van der Waals surface area contributed by atoms with Crippen LogP contribution in [0.5, 0.6) is 11.5 Å². The van der Waals surface area contributed by atoms with E-state index in [0.717, 1.165) is 43.1 Å². The Kier molecular flexibility index (Phi) is 6.09. The third-order valence-electron chi connectivity index (χ3n) is 3.15. The molecule has 0 atom stereocenters. The highest BCUT2D eigenvalue weighted by atomic mass is 16.5. The van der Waals surface area contributed by atoms with Gasteiger partial charge in [-0.2, -0.15) is 5.10 Å². The van der Waals surface area contributed by atoms with Crippen molar-refractivity contribution in [3.05, 3.63) is 42.2 Å². The lowest BCUT2D eigenvalue weighted by molar-refractivity contribution is 0.286. The second kappa shape index (κ2) is 8.32. The van der Waals surface area contributed by atoms with Gasteiger partial charge in [-0.15, -0.1) is 0 Å². The molecule has 0 amide bonds. The Labute approximate surface area is 125 Å². The largest absolute Gasteiger partial charge is 0.497 e. The van der Waals surface area contributed by atoms with Crippen LogP contribution in [-0.4, -0.2) is 30.0 Å². The highest BCUT2D eigenvalue weighted by Crippen LogP contribution is 2.24. The fourth-order valence-electron chi connectivity index (χ4n) is 2.02. The Morgan fingerprint density at radius 2 is 2.24 bits per heavy atom. The van der Waals surface area contributed by atoms with Crippen LogP contribution in [0.1, 0.15) is 18.9 Å². The van der Waals surface area contributed by atoms with Gasteiger partial charge in [0.25, 0.3) is 0 Å². The van der Waals surface area contributed by atoms with Crippen molar-refractivity contribution in [3.63, 3.8) is 0 Å². The third-order valence-corrected chi connectivity index (χ3v) is 3.15. The number of nitrogens with one attached hydrogen (secondary N) is 1. The SMILES string of the molecule is CCCNCc1ccc(OC)cc1OCCn1cccn1. The van der Waals surface area contributed by atoms with E-state index in [-0.39, 0.29) is 0 Å². The number of nitrogens with zero attached hydrogens (tertiary/aromatic N) is 2. The lowest BCUT2D eigenvalue weighted by Crippen LogP contribution is -2.15. The number of hydrogen-bond acceptors (Lipinski definition) is 4. The summed E-state index contributed by atoms with van der Waals surface area (Å²) in [5.74, 6) is 1.67. The van der Waals surface area contributed by atoms with Crippen LogP contribution >= 0.6 is 0 Å². The molecule has 0 radical (unpaired) electrons. The topological polar surface area (TPSA) is 48.3 Å². The highest BCUT2D eigenvalue weighted by molar-refractivity contribution is 5.40.